The van der Waals surface area contributed by atoms with E-state index in [-0.39, 0.29) is 24.9 Å². The summed E-state index contributed by atoms with van der Waals surface area (Å²) in [5.74, 6) is 0.832. The average molecular weight is 390 g/mol. The molecule has 146 valence electrons. The molecule has 1 fully saturated rings. The lowest BCUT2D eigenvalue weighted by Gasteiger charge is -2.34. The van der Waals surface area contributed by atoms with Crippen molar-refractivity contribution in [1.29, 1.82) is 0 Å². The van der Waals surface area contributed by atoms with E-state index in [1.54, 1.807) is 0 Å². The number of piperazine rings is 1. The van der Waals surface area contributed by atoms with Crippen LogP contribution in [0.3, 0.4) is 0 Å². The van der Waals surface area contributed by atoms with Crippen molar-refractivity contribution in [2.45, 2.75) is 20.3 Å². The molecule has 2 heterocycles. The first kappa shape index (κ1) is 21.2. The Kier molecular flexibility index (Phi) is 8.07. The van der Waals surface area contributed by atoms with Crippen LogP contribution < -0.4 is 4.74 Å². The van der Waals surface area contributed by atoms with Crippen molar-refractivity contribution in [1.82, 2.24) is 14.8 Å². The number of halogens is 1. The quantitative estimate of drug-likeness (QED) is 0.762. The van der Waals surface area contributed by atoms with Gasteiger partial charge in [-0.2, -0.15) is 0 Å². The van der Waals surface area contributed by atoms with Gasteiger partial charge in [0.2, 0.25) is 0 Å². The second-order valence-electron chi connectivity index (χ2n) is 6.91. The molecule has 0 spiro atoms. The van der Waals surface area contributed by atoms with Crippen LogP contribution in [-0.2, 0) is 11.2 Å². The molecule has 5 nitrogen and oxygen atoms in total. The first-order chi connectivity index (χ1) is 12.6. The fourth-order valence-corrected chi connectivity index (χ4v) is 3.29. The highest BCUT2D eigenvalue weighted by Gasteiger charge is 2.21. The summed E-state index contributed by atoms with van der Waals surface area (Å²) >= 11 is 0. The Labute approximate surface area is 167 Å². The topological polar surface area (TPSA) is 45.7 Å². The second kappa shape index (κ2) is 10.3. The number of aromatic nitrogens is 1. The fourth-order valence-electron chi connectivity index (χ4n) is 3.29. The zero-order valence-electron chi connectivity index (χ0n) is 16.1. The van der Waals surface area contributed by atoms with Crippen molar-refractivity contribution in [3.05, 3.63) is 59.4 Å². The molecular formula is C21H28ClN3O2. The minimum absolute atomic E-state index is 0. The summed E-state index contributed by atoms with van der Waals surface area (Å²) in [4.78, 5) is 21.1. The van der Waals surface area contributed by atoms with Gasteiger partial charge in [-0.3, -0.25) is 14.7 Å². The van der Waals surface area contributed by atoms with Crippen molar-refractivity contribution >= 4 is 18.3 Å². The summed E-state index contributed by atoms with van der Waals surface area (Å²) in [6, 6.07) is 12.1. The van der Waals surface area contributed by atoms with E-state index in [0.29, 0.717) is 0 Å². The summed E-state index contributed by atoms with van der Waals surface area (Å²) in [5.41, 5.74) is 3.41. The Bertz CT molecular complexity index is 711. The zero-order valence-corrected chi connectivity index (χ0v) is 16.9. The van der Waals surface area contributed by atoms with Gasteiger partial charge in [-0.15, -0.1) is 12.4 Å². The third-order valence-electron chi connectivity index (χ3n) is 4.69. The number of nitrogens with zero attached hydrogens (tertiary/aromatic N) is 3. The molecule has 1 saturated heterocycles. The normalized spacial score (nSPS) is 14.5. The number of carbonyl (C=O) groups excluding carboxylic acids is 1. The molecule has 1 aliphatic rings. The van der Waals surface area contributed by atoms with Crippen molar-refractivity contribution in [3.63, 3.8) is 0 Å². The van der Waals surface area contributed by atoms with Crippen LogP contribution in [0.5, 0.6) is 5.75 Å². The zero-order chi connectivity index (χ0) is 18.4. The van der Waals surface area contributed by atoms with Gasteiger partial charge in [-0.05, 0) is 49.2 Å². The minimum Gasteiger partial charge on any atom is -0.484 e. The van der Waals surface area contributed by atoms with E-state index < -0.39 is 0 Å². The molecule has 2 aromatic rings. The number of ether oxygens (including phenoxy) is 1. The second-order valence-corrected chi connectivity index (χ2v) is 6.91. The van der Waals surface area contributed by atoms with Crippen LogP contribution in [0.1, 0.15) is 16.8 Å². The van der Waals surface area contributed by atoms with E-state index in [0.717, 1.165) is 61.7 Å². The van der Waals surface area contributed by atoms with Crippen LogP contribution in [0.4, 0.5) is 0 Å². The molecule has 0 radical (unpaired) electrons. The standard InChI is InChI=1S/C21H27N3O2.ClH/c1-17-13-18(2)15-20(14-17)26-16-21(25)24-11-9-23(10-12-24)8-6-19-5-3-4-7-22-19;/h3-5,7,13-15H,6,8-12,16H2,1-2H3;1H. The smallest absolute Gasteiger partial charge is 0.260 e. The predicted molar refractivity (Wildman–Crippen MR) is 110 cm³/mol. The van der Waals surface area contributed by atoms with Gasteiger partial charge in [0, 0.05) is 51.0 Å². The van der Waals surface area contributed by atoms with Crippen LogP contribution in [0.2, 0.25) is 0 Å². The first-order valence-electron chi connectivity index (χ1n) is 9.21. The predicted octanol–water partition coefficient (Wildman–Crippen LogP) is 2.89. The van der Waals surface area contributed by atoms with Gasteiger partial charge < -0.3 is 9.64 Å². The number of hydrogen-bond donors (Lipinski definition) is 0. The van der Waals surface area contributed by atoms with E-state index in [9.17, 15) is 4.79 Å². The van der Waals surface area contributed by atoms with Crippen LogP contribution in [0, 0.1) is 13.8 Å². The Morgan fingerprint density at radius 3 is 2.41 bits per heavy atom. The van der Waals surface area contributed by atoms with Gasteiger partial charge in [0.25, 0.3) is 5.91 Å². The third-order valence-corrected chi connectivity index (χ3v) is 4.69. The van der Waals surface area contributed by atoms with Crippen molar-refractivity contribution < 1.29 is 9.53 Å². The van der Waals surface area contributed by atoms with Crippen molar-refractivity contribution in [2.75, 3.05) is 39.3 Å². The molecule has 0 unspecified atom stereocenters. The number of carbonyl (C=O) groups is 1. The Morgan fingerprint density at radius 2 is 1.78 bits per heavy atom. The minimum atomic E-state index is 0. The summed E-state index contributed by atoms with van der Waals surface area (Å²) in [7, 11) is 0. The number of pyridine rings is 1. The van der Waals surface area contributed by atoms with Gasteiger partial charge in [0.05, 0.1) is 0 Å². The van der Waals surface area contributed by atoms with Crippen LogP contribution in [-0.4, -0.2) is 60.0 Å². The molecule has 1 aliphatic heterocycles. The Balaban J connectivity index is 0.00000261. The maximum Gasteiger partial charge on any atom is 0.260 e. The van der Waals surface area contributed by atoms with Gasteiger partial charge in [-0.1, -0.05) is 12.1 Å². The highest BCUT2D eigenvalue weighted by atomic mass is 35.5. The molecule has 1 aromatic carbocycles. The van der Waals surface area contributed by atoms with E-state index >= 15 is 0 Å². The van der Waals surface area contributed by atoms with Crippen LogP contribution in [0.25, 0.3) is 0 Å². The van der Waals surface area contributed by atoms with Gasteiger partial charge in [0.1, 0.15) is 5.75 Å². The summed E-state index contributed by atoms with van der Waals surface area (Å²) < 4.78 is 5.70. The molecule has 27 heavy (non-hydrogen) atoms. The van der Waals surface area contributed by atoms with Crippen molar-refractivity contribution in [2.24, 2.45) is 0 Å². The van der Waals surface area contributed by atoms with E-state index in [4.69, 9.17) is 4.74 Å². The highest BCUT2D eigenvalue weighted by molar-refractivity contribution is 5.85. The third kappa shape index (κ3) is 6.52. The number of aryl methyl sites for hydroxylation is 2. The van der Waals surface area contributed by atoms with E-state index in [2.05, 4.69) is 22.0 Å². The Hall–Kier alpha value is -2.11. The number of rotatable bonds is 6. The summed E-state index contributed by atoms with van der Waals surface area (Å²) in [6.07, 6.45) is 2.78. The molecule has 3 rings (SSSR count). The number of benzene rings is 1. The molecular weight excluding hydrogens is 362 g/mol. The van der Waals surface area contributed by atoms with Gasteiger partial charge in [-0.25, -0.2) is 0 Å². The molecule has 6 heteroatoms. The molecule has 0 aliphatic carbocycles. The average Bonchev–Trinajstić information content (AvgIpc) is 2.65. The maximum absolute atomic E-state index is 12.4. The molecule has 0 bridgehead atoms. The van der Waals surface area contributed by atoms with Crippen LogP contribution in [0.15, 0.2) is 42.6 Å². The van der Waals surface area contributed by atoms with E-state index in [1.165, 1.54) is 0 Å². The largest absolute Gasteiger partial charge is 0.484 e. The number of amides is 1. The first-order valence-corrected chi connectivity index (χ1v) is 9.21. The monoisotopic (exact) mass is 389 g/mol. The van der Waals surface area contributed by atoms with Crippen LogP contribution >= 0.6 is 12.4 Å². The van der Waals surface area contributed by atoms with E-state index in [1.807, 2.05) is 49.2 Å². The SMILES string of the molecule is Cc1cc(C)cc(OCC(=O)N2CCN(CCc3ccccn3)CC2)c1.Cl. The lowest BCUT2D eigenvalue weighted by molar-refractivity contribution is -0.135. The molecule has 1 amide bonds. The lowest BCUT2D eigenvalue weighted by Crippen LogP contribution is -2.50. The van der Waals surface area contributed by atoms with Gasteiger partial charge >= 0.3 is 0 Å². The van der Waals surface area contributed by atoms with Gasteiger partial charge in [0.15, 0.2) is 6.61 Å². The van der Waals surface area contributed by atoms with Crippen molar-refractivity contribution in [3.8, 4) is 5.75 Å². The molecule has 0 N–H and O–H groups in total. The maximum atomic E-state index is 12.4. The molecule has 0 saturated carbocycles. The lowest BCUT2D eigenvalue weighted by atomic mass is 10.1. The highest BCUT2D eigenvalue weighted by Crippen LogP contribution is 2.16. The number of hydrogen-bond acceptors (Lipinski definition) is 4. The summed E-state index contributed by atoms with van der Waals surface area (Å²) in [6.45, 7) is 8.49. The fraction of sp³-hybridized carbons (Fsp3) is 0.429. The molecule has 1 aromatic heterocycles. The molecule has 0 atom stereocenters. The Morgan fingerprint density at radius 1 is 1.07 bits per heavy atom. The summed E-state index contributed by atoms with van der Waals surface area (Å²) in [5, 5.41) is 0.